The van der Waals surface area contributed by atoms with Crippen molar-refractivity contribution in [3.63, 3.8) is 0 Å². The standard InChI is InChI=1S/C8H11F2NO/c1-4-3-6(5(2)12-4)7(11)8(9)10/h3,7-8H,11H2,1-2H3. The molecule has 1 rings (SSSR count). The van der Waals surface area contributed by atoms with Gasteiger partial charge < -0.3 is 10.2 Å². The molecule has 0 radical (unpaired) electrons. The van der Waals surface area contributed by atoms with Crippen LogP contribution in [0.5, 0.6) is 0 Å². The number of halogens is 2. The minimum Gasteiger partial charge on any atom is -0.466 e. The fourth-order valence-corrected chi connectivity index (χ4v) is 1.12. The molecule has 0 bridgehead atoms. The predicted molar refractivity (Wildman–Crippen MR) is 41.1 cm³/mol. The molecule has 0 spiro atoms. The van der Waals surface area contributed by atoms with Crippen molar-refractivity contribution >= 4 is 0 Å². The molecule has 12 heavy (non-hydrogen) atoms. The molecule has 0 aromatic carbocycles. The highest BCUT2D eigenvalue weighted by atomic mass is 19.3. The summed E-state index contributed by atoms with van der Waals surface area (Å²) in [6.07, 6.45) is -2.54. The Bertz CT molecular complexity index is 270. The van der Waals surface area contributed by atoms with Crippen LogP contribution < -0.4 is 5.73 Å². The van der Waals surface area contributed by atoms with Gasteiger partial charge in [-0.2, -0.15) is 0 Å². The van der Waals surface area contributed by atoms with Crippen LogP contribution in [0.3, 0.4) is 0 Å². The minimum absolute atomic E-state index is 0.391. The molecule has 68 valence electrons. The van der Waals surface area contributed by atoms with Crippen LogP contribution in [0.1, 0.15) is 23.1 Å². The fraction of sp³-hybridized carbons (Fsp3) is 0.500. The first kappa shape index (κ1) is 9.19. The molecule has 4 heteroatoms. The normalized spacial score (nSPS) is 13.8. The predicted octanol–water partition coefficient (Wildman–Crippen LogP) is 2.16. The fourth-order valence-electron chi connectivity index (χ4n) is 1.12. The first-order chi connectivity index (χ1) is 5.52. The van der Waals surface area contributed by atoms with E-state index < -0.39 is 12.5 Å². The molecular formula is C8H11F2NO. The average molecular weight is 175 g/mol. The summed E-state index contributed by atoms with van der Waals surface area (Å²) in [4.78, 5) is 0. The van der Waals surface area contributed by atoms with Crippen LogP contribution in [-0.4, -0.2) is 6.43 Å². The molecule has 0 aliphatic carbocycles. The molecule has 1 aromatic heterocycles. The first-order valence-electron chi connectivity index (χ1n) is 3.63. The summed E-state index contributed by atoms with van der Waals surface area (Å²) < 4.78 is 29.3. The lowest BCUT2D eigenvalue weighted by atomic mass is 10.1. The van der Waals surface area contributed by atoms with Gasteiger partial charge in [0.2, 0.25) is 0 Å². The molecule has 0 saturated heterocycles. The Kier molecular flexibility index (Phi) is 2.47. The van der Waals surface area contributed by atoms with E-state index in [1.165, 1.54) is 0 Å². The molecule has 0 saturated carbocycles. The lowest BCUT2D eigenvalue weighted by Crippen LogP contribution is -2.18. The topological polar surface area (TPSA) is 39.2 Å². The molecule has 0 aliphatic rings. The van der Waals surface area contributed by atoms with E-state index in [1.54, 1.807) is 19.9 Å². The third-order valence-electron chi connectivity index (χ3n) is 1.71. The Hall–Kier alpha value is -0.900. The summed E-state index contributed by atoms with van der Waals surface area (Å²) in [7, 11) is 0. The van der Waals surface area contributed by atoms with Crippen molar-refractivity contribution < 1.29 is 13.2 Å². The molecule has 1 heterocycles. The zero-order chi connectivity index (χ0) is 9.30. The molecule has 0 amide bonds. The molecule has 1 unspecified atom stereocenters. The highest BCUT2D eigenvalue weighted by Crippen LogP contribution is 2.23. The van der Waals surface area contributed by atoms with E-state index in [-0.39, 0.29) is 0 Å². The maximum absolute atomic E-state index is 12.1. The third kappa shape index (κ3) is 1.64. The highest BCUT2D eigenvalue weighted by molar-refractivity contribution is 5.24. The second kappa shape index (κ2) is 3.23. The van der Waals surface area contributed by atoms with E-state index in [0.717, 1.165) is 0 Å². The number of hydrogen-bond acceptors (Lipinski definition) is 2. The van der Waals surface area contributed by atoms with Gasteiger partial charge in [-0.15, -0.1) is 0 Å². The molecule has 1 atom stereocenters. The molecule has 1 aromatic rings. The Morgan fingerprint density at radius 2 is 2.00 bits per heavy atom. The molecule has 2 nitrogen and oxygen atoms in total. The Morgan fingerprint density at radius 1 is 1.42 bits per heavy atom. The maximum Gasteiger partial charge on any atom is 0.257 e. The van der Waals surface area contributed by atoms with Gasteiger partial charge in [-0.05, 0) is 19.9 Å². The molecule has 0 aliphatic heterocycles. The van der Waals surface area contributed by atoms with Crippen LogP contribution in [-0.2, 0) is 0 Å². The highest BCUT2D eigenvalue weighted by Gasteiger charge is 2.21. The summed E-state index contributed by atoms with van der Waals surface area (Å²) in [5.74, 6) is 1.08. The minimum atomic E-state index is -2.54. The Labute approximate surface area is 69.4 Å². The number of rotatable bonds is 2. The van der Waals surface area contributed by atoms with Crippen molar-refractivity contribution in [3.05, 3.63) is 23.2 Å². The second-order valence-corrected chi connectivity index (χ2v) is 2.73. The van der Waals surface area contributed by atoms with Gasteiger partial charge in [0.1, 0.15) is 11.5 Å². The quantitative estimate of drug-likeness (QED) is 0.748. The van der Waals surface area contributed by atoms with Gasteiger partial charge in [0.25, 0.3) is 6.43 Å². The van der Waals surface area contributed by atoms with Crippen LogP contribution in [0.25, 0.3) is 0 Å². The summed E-state index contributed by atoms with van der Waals surface area (Å²) >= 11 is 0. The van der Waals surface area contributed by atoms with Crippen molar-refractivity contribution in [2.75, 3.05) is 0 Å². The van der Waals surface area contributed by atoms with Gasteiger partial charge in [0.05, 0.1) is 6.04 Å². The summed E-state index contributed by atoms with van der Waals surface area (Å²) in [5.41, 5.74) is 5.63. The van der Waals surface area contributed by atoms with Crippen molar-refractivity contribution in [2.24, 2.45) is 5.73 Å². The van der Waals surface area contributed by atoms with Gasteiger partial charge in [0.15, 0.2) is 0 Å². The van der Waals surface area contributed by atoms with E-state index >= 15 is 0 Å². The second-order valence-electron chi connectivity index (χ2n) is 2.73. The number of alkyl halides is 2. The summed E-state index contributed by atoms with van der Waals surface area (Å²) in [6, 6.07) is 0.314. The van der Waals surface area contributed by atoms with Crippen LogP contribution in [0, 0.1) is 13.8 Å². The van der Waals surface area contributed by atoms with Gasteiger partial charge >= 0.3 is 0 Å². The van der Waals surface area contributed by atoms with E-state index in [2.05, 4.69) is 0 Å². The van der Waals surface area contributed by atoms with Gasteiger partial charge in [-0.1, -0.05) is 0 Å². The van der Waals surface area contributed by atoms with Crippen molar-refractivity contribution in [3.8, 4) is 0 Å². The van der Waals surface area contributed by atoms with Crippen LogP contribution in [0.4, 0.5) is 8.78 Å². The number of nitrogens with two attached hydrogens (primary N) is 1. The van der Waals surface area contributed by atoms with E-state index in [9.17, 15) is 8.78 Å². The smallest absolute Gasteiger partial charge is 0.257 e. The molecule has 2 N–H and O–H groups in total. The third-order valence-corrected chi connectivity index (χ3v) is 1.71. The zero-order valence-corrected chi connectivity index (χ0v) is 6.97. The van der Waals surface area contributed by atoms with Crippen LogP contribution in [0.15, 0.2) is 10.5 Å². The van der Waals surface area contributed by atoms with Gasteiger partial charge in [0, 0.05) is 5.56 Å². The largest absolute Gasteiger partial charge is 0.466 e. The maximum atomic E-state index is 12.1. The Morgan fingerprint density at radius 3 is 2.33 bits per heavy atom. The summed E-state index contributed by atoms with van der Waals surface area (Å²) in [5, 5.41) is 0. The lowest BCUT2D eigenvalue weighted by Gasteiger charge is -2.07. The monoisotopic (exact) mass is 175 g/mol. The average Bonchev–Trinajstić information content (AvgIpc) is 2.28. The Balaban J connectivity index is 2.94. The summed E-state index contributed by atoms with van der Waals surface area (Å²) in [6.45, 7) is 3.33. The van der Waals surface area contributed by atoms with Gasteiger partial charge in [-0.25, -0.2) is 8.78 Å². The van der Waals surface area contributed by atoms with E-state index in [0.29, 0.717) is 17.1 Å². The molecule has 0 fully saturated rings. The molecular weight excluding hydrogens is 164 g/mol. The number of aryl methyl sites for hydroxylation is 2. The van der Waals surface area contributed by atoms with E-state index in [1.807, 2.05) is 0 Å². The number of furan rings is 1. The zero-order valence-electron chi connectivity index (χ0n) is 6.97. The van der Waals surface area contributed by atoms with E-state index in [4.69, 9.17) is 10.2 Å². The SMILES string of the molecule is Cc1cc(C(N)C(F)F)c(C)o1. The van der Waals surface area contributed by atoms with Crippen molar-refractivity contribution in [1.82, 2.24) is 0 Å². The van der Waals surface area contributed by atoms with Gasteiger partial charge in [-0.3, -0.25) is 0 Å². The van der Waals surface area contributed by atoms with Crippen LogP contribution >= 0.6 is 0 Å². The number of hydrogen-bond donors (Lipinski definition) is 1. The van der Waals surface area contributed by atoms with Crippen molar-refractivity contribution in [1.29, 1.82) is 0 Å². The van der Waals surface area contributed by atoms with Crippen molar-refractivity contribution in [2.45, 2.75) is 26.3 Å². The lowest BCUT2D eigenvalue weighted by molar-refractivity contribution is 0.115. The van der Waals surface area contributed by atoms with Crippen LogP contribution in [0.2, 0.25) is 0 Å². The first-order valence-corrected chi connectivity index (χ1v) is 3.63.